The first-order valence-electron chi connectivity index (χ1n) is 9.59. The predicted molar refractivity (Wildman–Crippen MR) is 114 cm³/mol. The van der Waals surface area contributed by atoms with Gasteiger partial charge in [0, 0.05) is 25.6 Å². The molecule has 2 aliphatic heterocycles. The summed E-state index contributed by atoms with van der Waals surface area (Å²) in [5, 5.41) is 6.50. The highest BCUT2D eigenvalue weighted by atomic mass is 35.5. The van der Waals surface area contributed by atoms with Crippen molar-refractivity contribution in [3.05, 3.63) is 35.9 Å². The van der Waals surface area contributed by atoms with E-state index in [-0.39, 0.29) is 42.8 Å². The van der Waals surface area contributed by atoms with Crippen molar-refractivity contribution >= 4 is 30.7 Å². The predicted octanol–water partition coefficient (Wildman–Crippen LogP) is 2.80. The number of carbonyl (C=O) groups is 1. The van der Waals surface area contributed by atoms with Crippen molar-refractivity contribution in [1.29, 1.82) is 0 Å². The minimum absolute atomic E-state index is 0. The Labute approximate surface area is 175 Å². The fraction of sp³-hybridized carbons (Fsp3) is 0.650. The van der Waals surface area contributed by atoms with Crippen molar-refractivity contribution in [3.63, 3.8) is 0 Å². The molecule has 3 rings (SSSR count). The van der Waals surface area contributed by atoms with Gasteiger partial charge < -0.3 is 15.4 Å². The second kappa shape index (κ2) is 12.6. The van der Waals surface area contributed by atoms with Gasteiger partial charge in [0.1, 0.15) is 0 Å². The second-order valence-electron chi connectivity index (χ2n) is 7.38. The molecule has 0 bridgehead atoms. The zero-order chi connectivity index (χ0) is 17.5. The molecule has 2 heterocycles. The van der Waals surface area contributed by atoms with E-state index in [1.807, 2.05) is 6.07 Å². The molecule has 0 spiro atoms. The molecule has 7 heteroatoms. The van der Waals surface area contributed by atoms with Crippen molar-refractivity contribution in [2.24, 2.45) is 5.92 Å². The summed E-state index contributed by atoms with van der Waals surface area (Å²) in [6.45, 7) is 7.40. The third-order valence-corrected chi connectivity index (χ3v) is 5.37. The number of benzene rings is 1. The molecule has 0 aliphatic carbocycles. The number of hydrogen-bond donors (Lipinski definition) is 2. The van der Waals surface area contributed by atoms with Crippen LogP contribution in [-0.2, 0) is 9.53 Å². The summed E-state index contributed by atoms with van der Waals surface area (Å²) >= 11 is 0. The molecule has 2 N–H and O–H groups in total. The van der Waals surface area contributed by atoms with E-state index in [2.05, 4.69) is 46.7 Å². The first-order valence-corrected chi connectivity index (χ1v) is 9.59. The van der Waals surface area contributed by atoms with Crippen LogP contribution in [0.2, 0.25) is 0 Å². The van der Waals surface area contributed by atoms with Gasteiger partial charge in [-0.3, -0.25) is 9.69 Å². The number of halogens is 2. The summed E-state index contributed by atoms with van der Waals surface area (Å²) in [4.78, 5) is 14.9. The summed E-state index contributed by atoms with van der Waals surface area (Å²) in [5.74, 6) is 0.911. The monoisotopic (exact) mass is 417 g/mol. The number of rotatable bonds is 6. The number of carbonyl (C=O) groups excluding carboxylic acids is 1. The van der Waals surface area contributed by atoms with E-state index in [1.54, 1.807) is 0 Å². The van der Waals surface area contributed by atoms with Crippen molar-refractivity contribution in [2.45, 2.75) is 38.3 Å². The minimum Gasteiger partial charge on any atom is -0.378 e. The molecule has 27 heavy (non-hydrogen) atoms. The van der Waals surface area contributed by atoms with Crippen LogP contribution in [0.3, 0.4) is 0 Å². The zero-order valence-electron chi connectivity index (χ0n) is 16.1. The van der Waals surface area contributed by atoms with E-state index < -0.39 is 0 Å². The molecule has 0 radical (unpaired) electrons. The number of nitrogens with zero attached hydrogens (tertiary/aromatic N) is 1. The first-order chi connectivity index (χ1) is 12.2. The van der Waals surface area contributed by atoms with Gasteiger partial charge in [0.25, 0.3) is 0 Å². The van der Waals surface area contributed by atoms with Gasteiger partial charge in [0.15, 0.2) is 0 Å². The minimum atomic E-state index is 0. The Morgan fingerprint density at radius 2 is 1.96 bits per heavy atom. The number of hydrogen-bond acceptors (Lipinski definition) is 4. The average Bonchev–Trinajstić information content (AvgIpc) is 2.65. The van der Waals surface area contributed by atoms with Crippen LogP contribution in [0.4, 0.5) is 0 Å². The Bertz CT molecular complexity index is 533. The number of amides is 1. The van der Waals surface area contributed by atoms with Crippen LogP contribution in [0.15, 0.2) is 30.3 Å². The molecule has 1 amide bonds. The SMILES string of the molecule is CC1CCN(C(CNC(=O)CC2COCCN2)c2ccccc2)CC1.Cl.Cl. The Morgan fingerprint density at radius 1 is 1.26 bits per heavy atom. The number of piperidine rings is 1. The highest BCUT2D eigenvalue weighted by Gasteiger charge is 2.25. The molecule has 2 unspecified atom stereocenters. The number of ether oxygens (including phenoxy) is 1. The molecule has 0 saturated carbocycles. The Hall–Kier alpha value is -0.850. The van der Waals surface area contributed by atoms with E-state index in [0.717, 1.165) is 32.2 Å². The Kier molecular flexibility index (Phi) is 11.3. The molecule has 2 saturated heterocycles. The fourth-order valence-corrected chi connectivity index (χ4v) is 3.73. The topological polar surface area (TPSA) is 53.6 Å². The zero-order valence-corrected chi connectivity index (χ0v) is 17.7. The van der Waals surface area contributed by atoms with E-state index in [0.29, 0.717) is 19.6 Å². The van der Waals surface area contributed by atoms with Crippen molar-refractivity contribution in [2.75, 3.05) is 39.4 Å². The smallest absolute Gasteiger partial charge is 0.221 e. The molecule has 1 aromatic rings. The summed E-state index contributed by atoms with van der Waals surface area (Å²) in [7, 11) is 0. The largest absolute Gasteiger partial charge is 0.378 e. The third-order valence-electron chi connectivity index (χ3n) is 5.37. The van der Waals surface area contributed by atoms with Gasteiger partial charge in [-0.2, -0.15) is 0 Å². The van der Waals surface area contributed by atoms with Crippen molar-refractivity contribution < 1.29 is 9.53 Å². The Morgan fingerprint density at radius 3 is 2.59 bits per heavy atom. The van der Waals surface area contributed by atoms with Crippen LogP contribution in [0, 0.1) is 5.92 Å². The lowest BCUT2D eigenvalue weighted by Crippen LogP contribution is -2.46. The highest BCUT2D eigenvalue weighted by Crippen LogP contribution is 2.26. The molecule has 5 nitrogen and oxygen atoms in total. The normalized spacial score (nSPS) is 22.2. The molecule has 0 aromatic heterocycles. The van der Waals surface area contributed by atoms with E-state index >= 15 is 0 Å². The molecular formula is C20H33Cl2N3O2. The van der Waals surface area contributed by atoms with E-state index in [4.69, 9.17) is 4.74 Å². The van der Waals surface area contributed by atoms with Gasteiger partial charge in [-0.15, -0.1) is 24.8 Å². The number of nitrogens with one attached hydrogen (secondary N) is 2. The lowest BCUT2D eigenvalue weighted by atomic mass is 9.95. The van der Waals surface area contributed by atoms with Crippen LogP contribution in [-0.4, -0.2) is 56.2 Å². The van der Waals surface area contributed by atoms with Gasteiger partial charge in [-0.25, -0.2) is 0 Å². The van der Waals surface area contributed by atoms with E-state index in [1.165, 1.54) is 18.4 Å². The summed E-state index contributed by atoms with van der Waals surface area (Å²) < 4.78 is 5.43. The van der Waals surface area contributed by atoms with Gasteiger partial charge in [0.2, 0.25) is 5.91 Å². The first kappa shape index (κ1) is 24.2. The lowest BCUT2D eigenvalue weighted by Gasteiger charge is -2.37. The van der Waals surface area contributed by atoms with Crippen LogP contribution in [0.5, 0.6) is 0 Å². The fourth-order valence-electron chi connectivity index (χ4n) is 3.73. The second-order valence-corrected chi connectivity index (χ2v) is 7.38. The molecule has 2 aliphatic rings. The summed E-state index contributed by atoms with van der Waals surface area (Å²) in [6, 6.07) is 11.0. The van der Waals surface area contributed by atoms with E-state index in [9.17, 15) is 4.79 Å². The van der Waals surface area contributed by atoms with Crippen LogP contribution < -0.4 is 10.6 Å². The molecule has 2 atom stereocenters. The maximum absolute atomic E-state index is 12.4. The maximum atomic E-state index is 12.4. The molecule has 1 aromatic carbocycles. The third kappa shape index (κ3) is 7.59. The van der Waals surface area contributed by atoms with Gasteiger partial charge in [-0.05, 0) is 37.4 Å². The number of likely N-dealkylation sites (tertiary alicyclic amines) is 1. The van der Waals surface area contributed by atoms with Gasteiger partial charge in [0.05, 0.1) is 19.3 Å². The molecule has 154 valence electrons. The average molecular weight is 418 g/mol. The summed E-state index contributed by atoms with van der Waals surface area (Å²) in [5.41, 5.74) is 1.29. The maximum Gasteiger partial charge on any atom is 0.221 e. The van der Waals surface area contributed by atoms with Crippen LogP contribution in [0.25, 0.3) is 0 Å². The van der Waals surface area contributed by atoms with Crippen LogP contribution >= 0.6 is 24.8 Å². The van der Waals surface area contributed by atoms with Crippen molar-refractivity contribution in [3.8, 4) is 0 Å². The van der Waals surface area contributed by atoms with Crippen LogP contribution in [0.1, 0.15) is 37.8 Å². The Balaban J connectivity index is 0.00000182. The van der Waals surface area contributed by atoms with Gasteiger partial charge >= 0.3 is 0 Å². The molecule has 2 fully saturated rings. The highest BCUT2D eigenvalue weighted by molar-refractivity contribution is 5.85. The van der Waals surface area contributed by atoms with Gasteiger partial charge in [-0.1, -0.05) is 37.3 Å². The van der Waals surface area contributed by atoms with Crippen molar-refractivity contribution in [1.82, 2.24) is 15.5 Å². The number of morpholine rings is 1. The lowest BCUT2D eigenvalue weighted by molar-refractivity contribution is -0.122. The standard InChI is InChI=1S/C20H31N3O2.2ClH/c1-16-7-10-23(11-8-16)19(17-5-3-2-4-6-17)14-22-20(24)13-18-15-25-12-9-21-18;;/h2-6,16,18-19,21H,7-15H2,1H3,(H,22,24);2*1H. The quantitative estimate of drug-likeness (QED) is 0.746. The summed E-state index contributed by atoms with van der Waals surface area (Å²) in [6.07, 6.45) is 2.96. The molecular weight excluding hydrogens is 385 g/mol.